The quantitative estimate of drug-likeness (QED) is 0.770. The van der Waals surface area contributed by atoms with Crippen LogP contribution < -0.4 is 0 Å². The Kier molecular flexibility index (Phi) is 6.94. The van der Waals surface area contributed by atoms with E-state index < -0.39 is 0 Å². The summed E-state index contributed by atoms with van der Waals surface area (Å²) in [6, 6.07) is 6.81. The zero-order valence-corrected chi connectivity index (χ0v) is 17.0. The highest BCUT2D eigenvalue weighted by Gasteiger charge is 2.33. The summed E-state index contributed by atoms with van der Waals surface area (Å²) in [7, 11) is 0. The van der Waals surface area contributed by atoms with E-state index in [4.69, 9.17) is 4.74 Å². The zero-order valence-electron chi connectivity index (χ0n) is 17.0. The number of nitrogens with zero attached hydrogens (tertiary/aromatic N) is 4. The van der Waals surface area contributed by atoms with E-state index in [0.29, 0.717) is 25.2 Å². The van der Waals surface area contributed by atoms with E-state index in [1.807, 2.05) is 17.2 Å². The molecule has 0 N–H and O–H groups in total. The van der Waals surface area contributed by atoms with Crippen molar-refractivity contribution < 1.29 is 9.53 Å². The van der Waals surface area contributed by atoms with Crippen LogP contribution in [0.2, 0.25) is 0 Å². The number of aromatic nitrogens is 1. The predicted molar refractivity (Wildman–Crippen MR) is 109 cm³/mol. The van der Waals surface area contributed by atoms with Crippen molar-refractivity contribution in [2.75, 3.05) is 59.0 Å². The van der Waals surface area contributed by atoms with Crippen molar-refractivity contribution in [1.29, 1.82) is 0 Å². The Bertz CT molecular complexity index is 612. The molecule has 0 unspecified atom stereocenters. The predicted octanol–water partition coefficient (Wildman–Crippen LogP) is 1.66. The molecule has 1 atom stereocenters. The van der Waals surface area contributed by atoms with Crippen LogP contribution in [0.1, 0.15) is 31.4 Å². The summed E-state index contributed by atoms with van der Waals surface area (Å²) in [5, 5.41) is 0. The van der Waals surface area contributed by atoms with Crippen molar-refractivity contribution in [2.24, 2.45) is 5.92 Å². The minimum Gasteiger partial charge on any atom is -0.378 e. The van der Waals surface area contributed by atoms with Gasteiger partial charge in [0.25, 0.3) is 0 Å². The second-order valence-electron chi connectivity index (χ2n) is 8.42. The molecule has 6 heteroatoms. The molecule has 0 bridgehead atoms. The molecule has 1 aromatic rings. The SMILES string of the molecule is O=C([C@@H]1CCCN(C2CCN(CCc3ccccn3)CC2)C1)N1CCOCC1. The highest BCUT2D eigenvalue weighted by Crippen LogP contribution is 2.25. The van der Waals surface area contributed by atoms with Crippen LogP contribution in [0.3, 0.4) is 0 Å². The number of carbonyl (C=O) groups excluding carboxylic acids is 1. The standard InChI is InChI=1S/C22H34N4O2/c27-22(25-14-16-28-17-15-25)19-4-3-10-26(18-19)21-7-12-24(13-8-21)11-6-20-5-1-2-9-23-20/h1-2,5,9,19,21H,3-4,6-8,10-18H2/t19-/m1/s1. The molecule has 0 saturated carbocycles. The summed E-state index contributed by atoms with van der Waals surface area (Å²) in [6.45, 7) is 8.46. The Hall–Kier alpha value is -1.50. The molecule has 0 aromatic carbocycles. The van der Waals surface area contributed by atoms with Gasteiger partial charge >= 0.3 is 0 Å². The number of amides is 1. The topological polar surface area (TPSA) is 48.9 Å². The van der Waals surface area contributed by atoms with Gasteiger partial charge in [-0.05, 0) is 57.5 Å². The van der Waals surface area contributed by atoms with Gasteiger partial charge in [-0.3, -0.25) is 14.7 Å². The van der Waals surface area contributed by atoms with Crippen molar-refractivity contribution in [3.05, 3.63) is 30.1 Å². The average molecular weight is 387 g/mol. The number of hydrogen-bond acceptors (Lipinski definition) is 5. The minimum absolute atomic E-state index is 0.189. The van der Waals surface area contributed by atoms with E-state index >= 15 is 0 Å². The Morgan fingerprint density at radius 2 is 1.89 bits per heavy atom. The second kappa shape index (κ2) is 9.81. The van der Waals surface area contributed by atoms with Gasteiger partial charge in [-0.15, -0.1) is 0 Å². The first-order valence-corrected chi connectivity index (χ1v) is 11.0. The second-order valence-corrected chi connectivity index (χ2v) is 8.42. The summed E-state index contributed by atoms with van der Waals surface area (Å²) in [5.41, 5.74) is 1.19. The third kappa shape index (κ3) is 5.10. The molecule has 28 heavy (non-hydrogen) atoms. The monoisotopic (exact) mass is 386 g/mol. The number of morpholine rings is 1. The number of piperidine rings is 2. The maximum Gasteiger partial charge on any atom is 0.227 e. The van der Waals surface area contributed by atoms with Gasteiger partial charge in [0.2, 0.25) is 5.91 Å². The Morgan fingerprint density at radius 1 is 1.07 bits per heavy atom. The smallest absolute Gasteiger partial charge is 0.227 e. The van der Waals surface area contributed by atoms with Gasteiger partial charge in [0.1, 0.15) is 0 Å². The first kappa shape index (κ1) is 19.8. The van der Waals surface area contributed by atoms with E-state index in [1.54, 1.807) is 0 Å². The first-order chi connectivity index (χ1) is 13.8. The number of carbonyl (C=O) groups is 1. The van der Waals surface area contributed by atoms with Crippen molar-refractivity contribution in [2.45, 2.75) is 38.1 Å². The van der Waals surface area contributed by atoms with Crippen molar-refractivity contribution in [3.63, 3.8) is 0 Å². The molecule has 3 aliphatic rings. The summed E-state index contributed by atoms with van der Waals surface area (Å²) in [5.74, 6) is 0.551. The molecule has 4 heterocycles. The molecule has 1 aromatic heterocycles. The molecule has 154 valence electrons. The van der Waals surface area contributed by atoms with Crippen LogP contribution in [0, 0.1) is 5.92 Å². The van der Waals surface area contributed by atoms with E-state index in [0.717, 1.165) is 65.1 Å². The van der Waals surface area contributed by atoms with Crippen LogP contribution in [0.15, 0.2) is 24.4 Å². The fourth-order valence-electron chi connectivity index (χ4n) is 4.91. The molecule has 0 spiro atoms. The summed E-state index contributed by atoms with van der Waals surface area (Å²) >= 11 is 0. The Labute approximate surface area is 168 Å². The first-order valence-electron chi connectivity index (χ1n) is 11.0. The molecule has 3 aliphatic heterocycles. The highest BCUT2D eigenvalue weighted by molar-refractivity contribution is 5.79. The zero-order chi connectivity index (χ0) is 19.2. The molecule has 0 radical (unpaired) electrons. The van der Waals surface area contributed by atoms with Crippen LogP contribution in [-0.2, 0) is 16.0 Å². The summed E-state index contributed by atoms with van der Waals surface area (Å²) in [6.07, 6.45) is 7.56. The van der Waals surface area contributed by atoms with E-state index in [1.165, 1.54) is 18.5 Å². The molecule has 0 aliphatic carbocycles. The minimum atomic E-state index is 0.189. The summed E-state index contributed by atoms with van der Waals surface area (Å²) in [4.78, 5) is 24.5. The van der Waals surface area contributed by atoms with Gasteiger partial charge in [0.05, 0.1) is 19.1 Å². The lowest BCUT2D eigenvalue weighted by Gasteiger charge is -2.43. The molecule has 1 amide bonds. The van der Waals surface area contributed by atoms with Gasteiger partial charge in [-0.2, -0.15) is 0 Å². The van der Waals surface area contributed by atoms with E-state index in [2.05, 4.69) is 26.9 Å². The van der Waals surface area contributed by atoms with Gasteiger partial charge in [0.15, 0.2) is 0 Å². The number of likely N-dealkylation sites (tertiary alicyclic amines) is 2. The van der Waals surface area contributed by atoms with Crippen LogP contribution in [-0.4, -0.2) is 90.7 Å². The summed E-state index contributed by atoms with van der Waals surface area (Å²) < 4.78 is 5.40. The van der Waals surface area contributed by atoms with Crippen molar-refractivity contribution in [3.8, 4) is 0 Å². The van der Waals surface area contributed by atoms with Gasteiger partial charge in [-0.25, -0.2) is 0 Å². The Morgan fingerprint density at radius 3 is 2.64 bits per heavy atom. The van der Waals surface area contributed by atoms with Gasteiger partial charge < -0.3 is 14.5 Å². The molecule has 6 nitrogen and oxygen atoms in total. The number of pyridine rings is 1. The lowest BCUT2D eigenvalue weighted by molar-refractivity contribution is -0.142. The molecule has 4 rings (SSSR count). The average Bonchev–Trinajstić information content (AvgIpc) is 2.79. The van der Waals surface area contributed by atoms with Crippen LogP contribution in [0.4, 0.5) is 0 Å². The maximum atomic E-state index is 12.9. The molecule has 3 saturated heterocycles. The lowest BCUT2D eigenvalue weighted by Crippen LogP contribution is -2.52. The molecular weight excluding hydrogens is 352 g/mol. The van der Waals surface area contributed by atoms with Crippen LogP contribution >= 0.6 is 0 Å². The number of rotatable bonds is 5. The molecular formula is C22H34N4O2. The number of hydrogen-bond donors (Lipinski definition) is 0. The van der Waals surface area contributed by atoms with Crippen LogP contribution in [0.25, 0.3) is 0 Å². The fraction of sp³-hybridized carbons (Fsp3) is 0.727. The maximum absolute atomic E-state index is 12.9. The van der Waals surface area contributed by atoms with Crippen molar-refractivity contribution >= 4 is 5.91 Å². The number of ether oxygens (including phenoxy) is 1. The van der Waals surface area contributed by atoms with Gasteiger partial charge in [-0.1, -0.05) is 6.07 Å². The highest BCUT2D eigenvalue weighted by atomic mass is 16.5. The van der Waals surface area contributed by atoms with Crippen molar-refractivity contribution in [1.82, 2.24) is 19.7 Å². The lowest BCUT2D eigenvalue weighted by atomic mass is 9.92. The van der Waals surface area contributed by atoms with E-state index in [9.17, 15) is 4.79 Å². The normalized spacial score (nSPS) is 25.7. The Balaban J connectivity index is 1.22. The van der Waals surface area contributed by atoms with Crippen LogP contribution in [0.5, 0.6) is 0 Å². The van der Waals surface area contributed by atoms with E-state index in [-0.39, 0.29) is 5.92 Å². The van der Waals surface area contributed by atoms with Gasteiger partial charge in [0, 0.05) is 50.5 Å². The fourth-order valence-corrected chi connectivity index (χ4v) is 4.91. The largest absolute Gasteiger partial charge is 0.378 e. The third-order valence-electron chi connectivity index (χ3n) is 6.61. The third-order valence-corrected chi connectivity index (χ3v) is 6.61. The molecule has 3 fully saturated rings.